The standard InChI is InChI=1S/C86H160N4O20P2/c1-7-13-19-25-29-33-37-43-47-53-77(91)69-83(95)89-75(71-103-65-61-79(55-49-41-23-17-11-5)109-85(97)57-51-45-39-35-31-27-21-15-9-3)73-107-111(99,100)105-67-63-87-81(93)59-60-82(94)88-64-68-106-112(101,102)108-74-76(90-84(96)70-78(92)54-48-44-38-34-30-26-20-14-8-2)72-104-66-62-80(56-50-42-24-18-12-6)110-86(98)58-52-46-40-36-32-28-22-16-10-4/h35-36,39-40,75-76,79-80H,7-34,37-38,41-74H2,1-6H3,(H,87,93)(H,88,94)(H,89,95)(H,90,96)(H,99,100)(H,101,102)/t75?,76?,79-,80-/m1/s1. The van der Waals surface area contributed by atoms with Crippen LogP contribution >= 0.6 is 15.6 Å². The lowest BCUT2D eigenvalue weighted by Crippen LogP contribution is -2.42. The number of nitrogens with one attached hydrogen (secondary N) is 4. The molecule has 0 aliphatic carbocycles. The fraction of sp³-hybridized carbons (Fsp3) is 0.860. The normalized spacial score (nSPS) is 13.8. The van der Waals surface area contributed by atoms with Gasteiger partial charge in [-0.05, 0) is 89.9 Å². The third-order valence-corrected chi connectivity index (χ3v) is 21.3. The van der Waals surface area contributed by atoms with Gasteiger partial charge in [0, 0.05) is 64.5 Å². The Balaban J connectivity index is 5.60. The highest BCUT2D eigenvalue weighted by Gasteiger charge is 2.28. The van der Waals surface area contributed by atoms with Crippen molar-refractivity contribution in [3.8, 4) is 0 Å². The number of ether oxygens (including phenoxy) is 4. The van der Waals surface area contributed by atoms with Crippen LogP contribution in [-0.2, 0) is 84.5 Å². The lowest BCUT2D eigenvalue weighted by molar-refractivity contribution is -0.151. The molecule has 0 aromatic carbocycles. The molecule has 112 heavy (non-hydrogen) atoms. The molecular weight excluding hydrogens is 1470 g/mol. The highest BCUT2D eigenvalue weighted by Crippen LogP contribution is 2.44. The number of carbonyl (C=O) groups excluding carboxylic acids is 8. The molecular formula is C86H160N4O20P2. The second-order valence-electron chi connectivity index (χ2n) is 30.3. The van der Waals surface area contributed by atoms with Crippen molar-refractivity contribution in [2.24, 2.45) is 0 Å². The van der Waals surface area contributed by atoms with E-state index in [0.717, 1.165) is 141 Å². The van der Waals surface area contributed by atoms with Crippen LogP contribution in [0.4, 0.5) is 0 Å². The van der Waals surface area contributed by atoms with Crippen molar-refractivity contribution in [3.63, 3.8) is 0 Å². The number of unbranched alkanes of at least 4 members (excludes halogenated alkanes) is 34. The Morgan fingerprint density at radius 1 is 0.312 bits per heavy atom. The molecule has 6 N–H and O–H groups in total. The van der Waals surface area contributed by atoms with E-state index in [0.29, 0.717) is 64.2 Å². The predicted octanol–water partition coefficient (Wildman–Crippen LogP) is 19.7. The van der Waals surface area contributed by atoms with Gasteiger partial charge in [-0.15, -0.1) is 0 Å². The Morgan fingerprint density at radius 2 is 0.607 bits per heavy atom. The second-order valence-corrected chi connectivity index (χ2v) is 33.2. The maximum Gasteiger partial charge on any atom is 0.472 e. The number of phosphoric ester groups is 2. The Hall–Kier alpha value is -4.22. The fourth-order valence-corrected chi connectivity index (χ4v) is 14.1. The van der Waals surface area contributed by atoms with Crippen LogP contribution in [0.15, 0.2) is 24.3 Å². The van der Waals surface area contributed by atoms with Crippen molar-refractivity contribution in [1.29, 1.82) is 0 Å². The van der Waals surface area contributed by atoms with Crippen molar-refractivity contribution >= 4 is 62.8 Å². The van der Waals surface area contributed by atoms with Crippen LogP contribution in [0.5, 0.6) is 0 Å². The van der Waals surface area contributed by atoms with E-state index in [9.17, 15) is 57.3 Å². The topological polar surface area (TPSA) is 333 Å². The van der Waals surface area contributed by atoms with Crippen molar-refractivity contribution in [2.75, 3.05) is 65.9 Å². The zero-order valence-corrected chi connectivity index (χ0v) is 72.8. The summed E-state index contributed by atoms with van der Waals surface area (Å²) >= 11 is 0. The van der Waals surface area contributed by atoms with Crippen LogP contribution in [0.1, 0.15) is 388 Å². The number of hydrogen-bond donors (Lipinski definition) is 6. The maximum atomic E-state index is 13.3. The summed E-state index contributed by atoms with van der Waals surface area (Å²) in [6, 6.07) is -1.97. The van der Waals surface area contributed by atoms with E-state index in [2.05, 4.69) is 87.1 Å². The number of hydrogen-bond acceptors (Lipinski definition) is 18. The molecule has 0 aromatic heterocycles. The second kappa shape index (κ2) is 78.0. The summed E-state index contributed by atoms with van der Waals surface area (Å²) in [7, 11) is -9.59. The molecule has 6 atom stereocenters. The number of rotatable bonds is 85. The lowest BCUT2D eigenvalue weighted by atomic mass is 10.0. The average Bonchev–Trinajstić information content (AvgIpc) is 0.913. The molecule has 0 saturated heterocycles. The van der Waals surface area contributed by atoms with Gasteiger partial charge in [0.15, 0.2) is 0 Å². The van der Waals surface area contributed by atoms with E-state index < -0.39 is 90.0 Å². The van der Waals surface area contributed by atoms with Crippen molar-refractivity contribution < 1.29 is 94.3 Å². The van der Waals surface area contributed by atoms with Crippen LogP contribution in [0.2, 0.25) is 0 Å². The Bertz CT molecular complexity index is 2340. The zero-order chi connectivity index (χ0) is 82.5. The minimum absolute atomic E-state index is 0.139. The first-order valence-electron chi connectivity index (χ1n) is 44.4. The van der Waals surface area contributed by atoms with Crippen molar-refractivity contribution in [1.82, 2.24) is 21.3 Å². The number of allylic oxidation sites excluding steroid dienone is 4. The highest BCUT2D eigenvalue weighted by atomic mass is 31.2. The summed E-state index contributed by atoms with van der Waals surface area (Å²) < 4.78 is 71.0. The molecule has 0 fully saturated rings. The first-order valence-corrected chi connectivity index (χ1v) is 47.4. The molecule has 0 aliphatic heterocycles. The molecule has 0 bridgehead atoms. The third kappa shape index (κ3) is 74.6. The summed E-state index contributed by atoms with van der Waals surface area (Å²) in [6.07, 6.45) is 54.1. The van der Waals surface area contributed by atoms with Gasteiger partial charge < -0.3 is 50.0 Å². The number of carbonyl (C=O) groups is 8. The molecule has 0 radical (unpaired) electrons. The maximum absolute atomic E-state index is 13.3. The third-order valence-electron chi connectivity index (χ3n) is 19.3. The SMILES string of the molecule is CCCCCCC=CCCCC(=O)O[C@H](CCCCCCC)CCOCC(COP(=O)(O)OCCNC(=O)CCC(=O)NCCOP(=O)(O)OCC(COCC[C@@H](CCCCCCC)OC(=O)CCCC=CCCCCCC)NC(=O)CC(=O)CCCCCCCCCCC)NC(=O)CC(=O)CCCCCCCCCCC. The van der Waals surface area contributed by atoms with E-state index in [-0.39, 0.29) is 102 Å². The van der Waals surface area contributed by atoms with E-state index in [4.69, 9.17) is 37.0 Å². The zero-order valence-electron chi connectivity index (χ0n) is 71.0. The summed E-state index contributed by atoms with van der Waals surface area (Å²) in [6.45, 7) is 10.5. The van der Waals surface area contributed by atoms with Crippen molar-refractivity contribution in [2.45, 2.75) is 413 Å². The summed E-state index contributed by atoms with van der Waals surface area (Å²) in [5, 5.41) is 10.4. The number of esters is 2. The lowest BCUT2D eigenvalue weighted by Gasteiger charge is -2.22. The molecule has 0 aliphatic rings. The van der Waals surface area contributed by atoms with Gasteiger partial charge in [-0.25, -0.2) is 9.13 Å². The van der Waals surface area contributed by atoms with Crippen molar-refractivity contribution in [3.05, 3.63) is 24.3 Å². The monoisotopic (exact) mass is 1630 g/mol. The number of amides is 4. The van der Waals surface area contributed by atoms with Gasteiger partial charge in [-0.2, -0.15) is 0 Å². The Morgan fingerprint density at radius 3 is 0.938 bits per heavy atom. The van der Waals surface area contributed by atoms with Crippen LogP contribution in [0.3, 0.4) is 0 Å². The van der Waals surface area contributed by atoms with Gasteiger partial charge in [0.25, 0.3) is 0 Å². The van der Waals surface area contributed by atoms with Crippen LogP contribution in [0, 0.1) is 0 Å². The first-order chi connectivity index (χ1) is 54.2. The number of Topliss-reactive ketones (excluding diaryl/α,β-unsaturated/α-hetero) is 2. The molecule has 4 amide bonds. The molecule has 0 aromatic rings. The Kier molecular flexibility index (Phi) is 75.0. The quantitative estimate of drug-likeness (QED) is 0.0108. The summed E-state index contributed by atoms with van der Waals surface area (Å²) in [5.41, 5.74) is 0. The molecule has 654 valence electrons. The summed E-state index contributed by atoms with van der Waals surface area (Å²) in [5.74, 6) is -3.38. The Labute approximate surface area is 677 Å². The molecule has 0 saturated carbocycles. The van der Waals surface area contributed by atoms with E-state index >= 15 is 0 Å². The van der Waals surface area contributed by atoms with Gasteiger partial charge in [0.2, 0.25) is 23.6 Å². The van der Waals surface area contributed by atoms with Gasteiger partial charge in [-0.1, -0.05) is 258 Å². The number of phosphoric acid groups is 2. The smallest absolute Gasteiger partial charge is 0.462 e. The fourth-order valence-electron chi connectivity index (χ4n) is 12.6. The predicted molar refractivity (Wildman–Crippen MR) is 446 cm³/mol. The summed E-state index contributed by atoms with van der Waals surface area (Å²) in [4.78, 5) is 125. The van der Waals surface area contributed by atoms with E-state index in [1.807, 2.05) is 0 Å². The van der Waals surface area contributed by atoms with Crippen LogP contribution < -0.4 is 21.3 Å². The minimum Gasteiger partial charge on any atom is -0.462 e. The van der Waals surface area contributed by atoms with Gasteiger partial charge in [0.05, 0.1) is 77.8 Å². The van der Waals surface area contributed by atoms with Crippen LogP contribution in [0.25, 0.3) is 0 Å². The van der Waals surface area contributed by atoms with E-state index in [1.54, 1.807) is 0 Å². The van der Waals surface area contributed by atoms with Crippen LogP contribution in [-0.4, -0.2) is 147 Å². The van der Waals surface area contributed by atoms with Gasteiger partial charge in [0.1, 0.15) is 23.8 Å². The van der Waals surface area contributed by atoms with Gasteiger partial charge >= 0.3 is 27.6 Å². The number of ketones is 2. The molecule has 0 rings (SSSR count). The van der Waals surface area contributed by atoms with Gasteiger partial charge in [-0.3, -0.25) is 56.5 Å². The molecule has 0 spiro atoms. The molecule has 0 heterocycles. The molecule has 24 nitrogen and oxygen atoms in total. The van der Waals surface area contributed by atoms with E-state index in [1.165, 1.54) is 103 Å². The average molecular weight is 1630 g/mol. The largest absolute Gasteiger partial charge is 0.472 e. The first kappa shape index (κ1) is 108. The minimum atomic E-state index is -4.79. The molecule has 26 heteroatoms. The highest BCUT2D eigenvalue weighted by molar-refractivity contribution is 7.47. The molecule has 4 unspecified atom stereocenters.